The third-order valence-corrected chi connectivity index (χ3v) is 5.40. The van der Waals surface area contributed by atoms with E-state index in [4.69, 9.17) is 0 Å². The highest BCUT2D eigenvalue weighted by molar-refractivity contribution is 6.08. The van der Waals surface area contributed by atoms with E-state index in [1.165, 1.54) is 27.4 Å². The predicted octanol–water partition coefficient (Wildman–Crippen LogP) is 5.20. The molecular weight excluding hydrogens is 332 g/mol. The molecule has 5 aromatic rings. The number of para-hydroxylation sites is 1. The SMILES string of the molecule is CC(c1ccc2c(c1)c1ccccc1n2C)n1cc(-c2ccccc2)nn1. The van der Waals surface area contributed by atoms with Crippen LogP contribution in [0.5, 0.6) is 0 Å². The molecule has 0 aliphatic rings. The zero-order valence-corrected chi connectivity index (χ0v) is 15.4. The van der Waals surface area contributed by atoms with Gasteiger partial charge >= 0.3 is 0 Å². The van der Waals surface area contributed by atoms with Crippen LogP contribution in [-0.2, 0) is 7.05 Å². The Bertz CT molecular complexity index is 1250. The highest BCUT2D eigenvalue weighted by atomic mass is 15.4. The van der Waals surface area contributed by atoms with Crippen LogP contribution >= 0.6 is 0 Å². The average Bonchev–Trinajstić information content (AvgIpc) is 3.33. The minimum Gasteiger partial charge on any atom is -0.344 e. The van der Waals surface area contributed by atoms with Gasteiger partial charge in [0.1, 0.15) is 5.69 Å². The summed E-state index contributed by atoms with van der Waals surface area (Å²) in [5.41, 5.74) is 5.71. The molecule has 0 saturated heterocycles. The van der Waals surface area contributed by atoms with Crippen molar-refractivity contribution in [2.75, 3.05) is 0 Å². The van der Waals surface area contributed by atoms with Crippen molar-refractivity contribution in [3.63, 3.8) is 0 Å². The second kappa shape index (κ2) is 6.09. The number of benzene rings is 3. The molecular formula is C23H20N4. The maximum absolute atomic E-state index is 4.38. The smallest absolute Gasteiger partial charge is 0.113 e. The van der Waals surface area contributed by atoms with Gasteiger partial charge < -0.3 is 4.57 Å². The lowest BCUT2D eigenvalue weighted by Gasteiger charge is -2.12. The first-order chi connectivity index (χ1) is 13.2. The van der Waals surface area contributed by atoms with Gasteiger partial charge in [-0.15, -0.1) is 5.10 Å². The molecule has 1 unspecified atom stereocenters. The van der Waals surface area contributed by atoms with Crippen molar-refractivity contribution in [2.24, 2.45) is 7.05 Å². The quantitative estimate of drug-likeness (QED) is 0.447. The number of nitrogens with zero attached hydrogens (tertiary/aromatic N) is 4. The van der Waals surface area contributed by atoms with Crippen LogP contribution in [-0.4, -0.2) is 19.6 Å². The first-order valence-electron chi connectivity index (χ1n) is 9.17. The molecule has 27 heavy (non-hydrogen) atoms. The molecule has 0 N–H and O–H groups in total. The zero-order valence-electron chi connectivity index (χ0n) is 15.4. The van der Waals surface area contributed by atoms with Crippen molar-refractivity contribution in [3.8, 4) is 11.3 Å². The third-order valence-electron chi connectivity index (χ3n) is 5.40. The van der Waals surface area contributed by atoms with E-state index in [9.17, 15) is 0 Å². The molecule has 0 amide bonds. The van der Waals surface area contributed by atoms with Gasteiger partial charge in [-0.3, -0.25) is 0 Å². The van der Waals surface area contributed by atoms with E-state index in [0.717, 1.165) is 11.3 Å². The van der Waals surface area contributed by atoms with Gasteiger partial charge in [0.15, 0.2) is 0 Å². The molecule has 1 atom stereocenters. The summed E-state index contributed by atoms with van der Waals surface area (Å²) < 4.78 is 4.19. The molecule has 0 bridgehead atoms. The maximum Gasteiger partial charge on any atom is 0.113 e. The molecule has 132 valence electrons. The molecule has 2 aromatic heterocycles. The van der Waals surface area contributed by atoms with Crippen LogP contribution in [0.3, 0.4) is 0 Å². The molecule has 0 fully saturated rings. The molecule has 3 aromatic carbocycles. The Morgan fingerprint density at radius 3 is 2.41 bits per heavy atom. The number of hydrogen-bond acceptors (Lipinski definition) is 2. The van der Waals surface area contributed by atoms with Gasteiger partial charge in [-0.05, 0) is 30.7 Å². The Morgan fingerprint density at radius 1 is 0.815 bits per heavy atom. The van der Waals surface area contributed by atoms with Crippen LogP contribution in [0.25, 0.3) is 33.1 Å². The van der Waals surface area contributed by atoms with E-state index >= 15 is 0 Å². The van der Waals surface area contributed by atoms with E-state index in [0.29, 0.717) is 0 Å². The standard InChI is InChI=1S/C23H20N4/c1-16(27-15-21(24-25-27)17-8-4-3-5-9-17)18-12-13-23-20(14-18)19-10-6-7-11-22(19)26(23)2/h3-16H,1-2H3. The summed E-state index contributed by atoms with van der Waals surface area (Å²) in [4.78, 5) is 0. The molecule has 4 heteroatoms. The maximum atomic E-state index is 4.38. The first-order valence-corrected chi connectivity index (χ1v) is 9.17. The minimum atomic E-state index is 0.110. The van der Waals surface area contributed by atoms with Gasteiger partial charge in [-0.25, -0.2) is 4.68 Å². The lowest BCUT2D eigenvalue weighted by atomic mass is 10.0. The van der Waals surface area contributed by atoms with Crippen molar-refractivity contribution in [1.82, 2.24) is 19.6 Å². The summed E-state index contributed by atoms with van der Waals surface area (Å²) in [6.45, 7) is 2.16. The van der Waals surface area contributed by atoms with E-state index in [2.05, 4.69) is 83.4 Å². The van der Waals surface area contributed by atoms with Crippen LogP contribution < -0.4 is 0 Å². The van der Waals surface area contributed by atoms with Crippen molar-refractivity contribution >= 4 is 21.8 Å². The summed E-state index contributed by atoms with van der Waals surface area (Å²) in [5, 5.41) is 11.3. The van der Waals surface area contributed by atoms with E-state index in [1.54, 1.807) is 0 Å². The lowest BCUT2D eigenvalue weighted by molar-refractivity contribution is 0.543. The van der Waals surface area contributed by atoms with Gasteiger partial charge in [-0.2, -0.15) is 0 Å². The predicted molar refractivity (Wildman–Crippen MR) is 110 cm³/mol. The van der Waals surface area contributed by atoms with E-state index in [-0.39, 0.29) is 6.04 Å². The Morgan fingerprint density at radius 2 is 1.56 bits per heavy atom. The summed E-state index contributed by atoms with van der Waals surface area (Å²) in [6.07, 6.45) is 2.02. The molecule has 0 spiro atoms. The van der Waals surface area contributed by atoms with Gasteiger partial charge in [-0.1, -0.05) is 59.8 Å². The van der Waals surface area contributed by atoms with Crippen LogP contribution in [0.15, 0.2) is 79.0 Å². The van der Waals surface area contributed by atoms with E-state index < -0.39 is 0 Å². The lowest BCUT2D eigenvalue weighted by Crippen LogP contribution is -2.07. The number of fused-ring (bicyclic) bond motifs is 3. The molecule has 0 aliphatic heterocycles. The van der Waals surface area contributed by atoms with Crippen LogP contribution in [0.4, 0.5) is 0 Å². The van der Waals surface area contributed by atoms with Crippen molar-refractivity contribution in [3.05, 3.63) is 84.6 Å². The van der Waals surface area contributed by atoms with Crippen LogP contribution in [0.2, 0.25) is 0 Å². The Hall–Kier alpha value is -3.40. The second-order valence-electron chi connectivity index (χ2n) is 6.98. The fourth-order valence-electron chi connectivity index (χ4n) is 3.81. The topological polar surface area (TPSA) is 35.6 Å². The largest absolute Gasteiger partial charge is 0.344 e. The number of aryl methyl sites for hydroxylation is 1. The average molecular weight is 352 g/mol. The zero-order chi connectivity index (χ0) is 18.4. The van der Waals surface area contributed by atoms with Crippen LogP contribution in [0.1, 0.15) is 18.5 Å². The summed E-state index contributed by atoms with van der Waals surface area (Å²) in [7, 11) is 2.12. The van der Waals surface area contributed by atoms with Gasteiger partial charge in [0.05, 0.1) is 12.2 Å². The normalized spacial score (nSPS) is 12.7. The number of hydrogen-bond donors (Lipinski definition) is 0. The molecule has 0 aliphatic carbocycles. The highest BCUT2D eigenvalue weighted by Crippen LogP contribution is 2.31. The summed E-state index contributed by atoms with van der Waals surface area (Å²) in [5.74, 6) is 0. The van der Waals surface area contributed by atoms with Crippen molar-refractivity contribution in [2.45, 2.75) is 13.0 Å². The molecule has 0 radical (unpaired) electrons. The highest BCUT2D eigenvalue weighted by Gasteiger charge is 2.14. The molecule has 4 nitrogen and oxygen atoms in total. The van der Waals surface area contributed by atoms with Gasteiger partial charge in [0.25, 0.3) is 0 Å². The monoisotopic (exact) mass is 352 g/mol. The fourth-order valence-corrected chi connectivity index (χ4v) is 3.81. The number of rotatable bonds is 3. The van der Waals surface area contributed by atoms with Crippen molar-refractivity contribution in [1.29, 1.82) is 0 Å². The Kier molecular flexibility index (Phi) is 3.57. The second-order valence-corrected chi connectivity index (χ2v) is 6.98. The first kappa shape index (κ1) is 15.8. The molecule has 2 heterocycles. The Labute approximate surface area is 157 Å². The summed E-state index contributed by atoms with van der Waals surface area (Å²) >= 11 is 0. The van der Waals surface area contributed by atoms with Crippen molar-refractivity contribution < 1.29 is 0 Å². The molecule has 0 saturated carbocycles. The van der Waals surface area contributed by atoms with Crippen LogP contribution in [0, 0.1) is 0 Å². The summed E-state index contributed by atoms with van der Waals surface area (Å²) in [6, 6.07) is 25.5. The number of aromatic nitrogens is 4. The third kappa shape index (κ3) is 2.53. The minimum absolute atomic E-state index is 0.110. The van der Waals surface area contributed by atoms with Gasteiger partial charge in [0, 0.05) is 34.4 Å². The fraction of sp³-hybridized carbons (Fsp3) is 0.130. The Balaban J connectivity index is 1.57. The molecule has 5 rings (SSSR count). The van der Waals surface area contributed by atoms with E-state index in [1.807, 2.05) is 29.1 Å². The van der Waals surface area contributed by atoms with Gasteiger partial charge in [0.2, 0.25) is 0 Å².